The molecule has 1 radical (unpaired) electrons. The Labute approximate surface area is 124 Å². The quantitative estimate of drug-likeness (QED) is 0.438. The molecule has 0 fully saturated rings. The third kappa shape index (κ3) is 16.5. The van der Waals surface area contributed by atoms with Crippen molar-refractivity contribution in [2.75, 3.05) is 0 Å². The zero-order valence-electron chi connectivity index (χ0n) is 9.97. The number of carbonyl (C=O) groups excluding carboxylic acids is 2. The third-order valence-electron chi connectivity index (χ3n) is 1.69. The average Bonchev–Trinajstić information content (AvgIpc) is 2.19. The Morgan fingerprint density at radius 2 is 1.18 bits per heavy atom. The molecule has 7 heteroatoms. The van der Waals surface area contributed by atoms with Crippen molar-refractivity contribution in [1.29, 1.82) is 0 Å². The standard InChI is InChI=1S/2C5H10O2S.Mn/c2*1-2-3-4(6)5(7)8;/h2*4,6H,2-3H2,1H3,(H,7,8);/q;;+2. The Hall–Kier alpha value is 0.479. The first-order valence-corrected chi connectivity index (χ1v) is 6.07. The summed E-state index contributed by atoms with van der Waals surface area (Å²) in [5.74, 6) is 0. The molecule has 2 unspecified atom stereocenters. The van der Waals surface area contributed by atoms with E-state index in [1.165, 1.54) is 0 Å². The van der Waals surface area contributed by atoms with Gasteiger partial charge >= 0.3 is 17.1 Å². The van der Waals surface area contributed by atoms with Crippen molar-refractivity contribution < 1.29 is 36.9 Å². The van der Waals surface area contributed by atoms with E-state index < -0.39 is 22.4 Å². The zero-order valence-corrected chi connectivity index (χ0v) is 12.9. The van der Waals surface area contributed by atoms with Gasteiger partial charge < -0.3 is 10.2 Å². The summed E-state index contributed by atoms with van der Waals surface area (Å²) < 4.78 is 0. The molecule has 0 aromatic rings. The van der Waals surface area contributed by atoms with E-state index in [1.54, 1.807) is 0 Å². The van der Waals surface area contributed by atoms with E-state index in [-0.39, 0.29) is 17.1 Å². The SMILES string of the molecule is CCCC(O)C(=O)S.CCCC(O)C(=O)S.[Mn+2]. The van der Waals surface area contributed by atoms with Gasteiger partial charge in [-0.15, -0.1) is 25.3 Å². The molecular formula is C10H20MnO4S2+2. The molecule has 0 aliphatic rings. The second-order valence-electron chi connectivity index (χ2n) is 3.29. The van der Waals surface area contributed by atoms with Gasteiger partial charge in [-0.25, -0.2) is 0 Å². The molecule has 0 saturated heterocycles. The molecule has 0 bridgehead atoms. The van der Waals surface area contributed by atoms with Crippen LogP contribution in [0.5, 0.6) is 0 Å². The summed E-state index contributed by atoms with van der Waals surface area (Å²) in [5.41, 5.74) is 0. The maximum Gasteiger partial charge on any atom is 2.00 e. The molecule has 2 N–H and O–H groups in total. The van der Waals surface area contributed by atoms with E-state index in [0.717, 1.165) is 12.8 Å². The number of aliphatic hydroxyl groups is 2. The van der Waals surface area contributed by atoms with Crippen LogP contribution in [-0.4, -0.2) is 32.7 Å². The smallest absolute Gasteiger partial charge is 0.384 e. The van der Waals surface area contributed by atoms with Crippen LogP contribution in [0.2, 0.25) is 0 Å². The van der Waals surface area contributed by atoms with Crippen LogP contribution < -0.4 is 0 Å². The number of hydrogen-bond acceptors (Lipinski definition) is 4. The first-order valence-electron chi connectivity index (χ1n) is 5.18. The normalized spacial score (nSPS) is 12.6. The van der Waals surface area contributed by atoms with Gasteiger partial charge in [0.25, 0.3) is 0 Å². The van der Waals surface area contributed by atoms with E-state index in [9.17, 15) is 9.59 Å². The van der Waals surface area contributed by atoms with Gasteiger partial charge in [-0.2, -0.15) is 0 Å². The van der Waals surface area contributed by atoms with E-state index >= 15 is 0 Å². The zero-order chi connectivity index (χ0) is 13.1. The Morgan fingerprint density at radius 3 is 1.24 bits per heavy atom. The first kappa shape index (κ1) is 22.6. The Balaban J connectivity index is -0.000000218. The maximum atomic E-state index is 10.1. The monoisotopic (exact) mass is 323 g/mol. The van der Waals surface area contributed by atoms with Gasteiger partial charge in [-0.05, 0) is 12.8 Å². The van der Waals surface area contributed by atoms with Crippen molar-refractivity contribution in [2.24, 2.45) is 0 Å². The molecule has 0 spiro atoms. The van der Waals surface area contributed by atoms with Crippen LogP contribution in [0.3, 0.4) is 0 Å². The van der Waals surface area contributed by atoms with E-state index in [4.69, 9.17) is 10.2 Å². The maximum absolute atomic E-state index is 10.1. The molecule has 4 nitrogen and oxygen atoms in total. The van der Waals surface area contributed by atoms with Crippen LogP contribution >= 0.6 is 25.3 Å². The Morgan fingerprint density at radius 1 is 0.941 bits per heavy atom. The number of rotatable bonds is 6. The molecule has 101 valence electrons. The van der Waals surface area contributed by atoms with Gasteiger partial charge in [0.15, 0.2) is 0 Å². The molecule has 17 heavy (non-hydrogen) atoms. The second kappa shape index (κ2) is 14.5. The molecule has 0 saturated carbocycles. The third-order valence-corrected chi connectivity index (χ3v) is 2.29. The van der Waals surface area contributed by atoms with Crippen LogP contribution in [-0.2, 0) is 26.7 Å². The van der Waals surface area contributed by atoms with Crippen LogP contribution in [0.15, 0.2) is 0 Å². The summed E-state index contributed by atoms with van der Waals surface area (Å²) in [7, 11) is 0. The minimum Gasteiger partial charge on any atom is -0.384 e. The summed E-state index contributed by atoms with van der Waals surface area (Å²) >= 11 is 6.88. The van der Waals surface area contributed by atoms with Gasteiger partial charge in [-0.3, -0.25) is 9.59 Å². The first-order chi connectivity index (χ1) is 7.36. The number of aliphatic hydroxyl groups excluding tert-OH is 2. The number of carbonyl (C=O) groups is 2. The predicted octanol–water partition coefficient (Wildman–Crippen LogP) is 1.21. The van der Waals surface area contributed by atoms with Crippen molar-refractivity contribution in [3.05, 3.63) is 0 Å². The molecular weight excluding hydrogens is 303 g/mol. The topological polar surface area (TPSA) is 74.6 Å². The fourth-order valence-electron chi connectivity index (χ4n) is 0.794. The predicted molar refractivity (Wildman–Crippen MR) is 69.8 cm³/mol. The second-order valence-corrected chi connectivity index (χ2v) is 4.17. The van der Waals surface area contributed by atoms with Crippen LogP contribution in [0.1, 0.15) is 39.5 Å². The average molecular weight is 323 g/mol. The largest absolute Gasteiger partial charge is 2.00 e. The van der Waals surface area contributed by atoms with Crippen molar-refractivity contribution >= 4 is 35.5 Å². The van der Waals surface area contributed by atoms with Gasteiger partial charge in [-0.1, -0.05) is 26.7 Å². The summed E-state index contributed by atoms with van der Waals surface area (Å²) in [4.78, 5) is 20.3. The van der Waals surface area contributed by atoms with Crippen molar-refractivity contribution in [1.82, 2.24) is 0 Å². The summed E-state index contributed by atoms with van der Waals surface area (Å²) in [5, 5.41) is 16.5. The molecule has 0 heterocycles. The molecule has 0 aromatic heterocycles. The van der Waals surface area contributed by atoms with E-state index in [0.29, 0.717) is 12.8 Å². The van der Waals surface area contributed by atoms with Crippen molar-refractivity contribution in [3.63, 3.8) is 0 Å². The molecule has 0 rings (SSSR count). The van der Waals surface area contributed by atoms with E-state index in [2.05, 4.69) is 25.3 Å². The minimum absolute atomic E-state index is 0. The van der Waals surface area contributed by atoms with Crippen molar-refractivity contribution in [3.8, 4) is 0 Å². The van der Waals surface area contributed by atoms with Crippen LogP contribution in [0.4, 0.5) is 0 Å². The Kier molecular flexibility index (Phi) is 19.4. The van der Waals surface area contributed by atoms with Gasteiger partial charge in [0, 0.05) is 0 Å². The Bertz CT molecular complexity index is 192. The van der Waals surface area contributed by atoms with Gasteiger partial charge in [0.2, 0.25) is 10.2 Å². The molecule has 0 aliphatic heterocycles. The van der Waals surface area contributed by atoms with E-state index in [1.807, 2.05) is 13.8 Å². The van der Waals surface area contributed by atoms with Gasteiger partial charge in [0.05, 0.1) is 0 Å². The fraction of sp³-hybridized carbons (Fsp3) is 0.800. The van der Waals surface area contributed by atoms with Crippen molar-refractivity contribution in [2.45, 2.75) is 51.7 Å². The minimum atomic E-state index is -0.858. The number of hydrogen-bond donors (Lipinski definition) is 4. The summed E-state index contributed by atoms with van der Waals surface area (Å²) in [6.45, 7) is 3.81. The number of thiol groups is 2. The summed E-state index contributed by atoms with van der Waals surface area (Å²) in [6, 6.07) is 0. The molecule has 2 atom stereocenters. The van der Waals surface area contributed by atoms with Gasteiger partial charge in [0.1, 0.15) is 12.2 Å². The molecule has 0 aromatic carbocycles. The summed E-state index contributed by atoms with van der Waals surface area (Å²) in [6.07, 6.45) is 0.942. The molecule has 0 amide bonds. The fourth-order valence-corrected chi connectivity index (χ4v) is 1.05. The molecule has 0 aliphatic carbocycles. The van der Waals surface area contributed by atoms with Crippen LogP contribution in [0.25, 0.3) is 0 Å². The van der Waals surface area contributed by atoms with Crippen LogP contribution in [0, 0.1) is 0 Å².